The second-order valence-corrected chi connectivity index (χ2v) is 5.98. The highest BCUT2D eigenvalue weighted by Gasteiger charge is 2.14. The van der Waals surface area contributed by atoms with Crippen molar-refractivity contribution < 1.29 is 14.7 Å². The van der Waals surface area contributed by atoms with Gasteiger partial charge in [-0.15, -0.1) is 0 Å². The van der Waals surface area contributed by atoms with E-state index in [0.29, 0.717) is 0 Å². The number of aromatic amines is 1. The fourth-order valence-corrected chi connectivity index (χ4v) is 2.60. The molecule has 0 fully saturated rings. The molecule has 0 saturated carbocycles. The molecule has 4 N–H and O–H groups in total. The van der Waals surface area contributed by atoms with Crippen LogP contribution in [-0.2, 0) is 11.3 Å². The second-order valence-electron chi connectivity index (χ2n) is 5.54. The number of amides is 2. The van der Waals surface area contributed by atoms with Gasteiger partial charge < -0.3 is 5.11 Å². The number of nitrogens with one attached hydrogen (secondary N) is 3. The predicted molar refractivity (Wildman–Crippen MR) is 97.6 cm³/mol. The topological polar surface area (TPSA) is 133 Å². The van der Waals surface area contributed by atoms with Gasteiger partial charge in [-0.05, 0) is 30.3 Å². The highest BCUT2D eigenvalue weighted by molar-refractivity contribution is 6.31. The standard InChI is InChI=1S/C17H13ClN4O5/c18-9-5-6-13(23)12(7-9)15(25)20-19-14(24)8-22-17(27)11-4-2-1-3-10(11)16(26)21-22/h1-7,23H,8H2,(H,19,24)(H,20,25)(H,21,26). The highest BCUT2D eigenvalue weighted by Crippen LogP contribution is 2.20. The molecule has 10 heteroatoms. The van der Waals surface area contributed by atoms with E-state index in [1.165, 1.54) is 30.3 Å². The number of phenols is 1. The van der Waals surface area contributed by atoms with Crippen LogP contribution in [0.5, 0.6) is 5.75 Å². The first-order chi connectivity index (χ1) is 12.9. The molecule has 1 heterocycles. The summed E-state index contributed by atoms with van der Waals surface area (Å²) in [6.45, 7) is -0.527. The van der Waals surface area contributed by atoms with Crippen molar-refractivity contribution in [3.8, 4) is 5.75 Å². The van der Waals surface area contributed by atoms with Crippen molar-refractivity contribution in [3.05, 3.63) is 73.8 Å². The lowest BCUT2D eigenvalue weighted by Crippen LogP contribution is -2.45. The van der Waals surface area contributed by atoms with Gasteiger partial charge in [-0.3, -0.25) is 35.1 Å². The summed E-state index contributed by atoms with van der Waals surface area (Å²) in [4.78, 5) is 48.3. The molecule has 1 aromatic heterocycles. The average molecular weight is 389 g/mol. The average Bonchev–Trinajstić information content (AvgIpc) is 2.66. The van der Waals surface area contributed by atoms with Gasteiger partial charge in [-0.25, -0.2) is 4.68 Å². The molecule has 0 unspecified atom stereocenters. The number of fused-ring (bicyclic) bond motifs is 1. The number of nitrogens with zero attached hydrogens (tertiary/aromatic N) is 1. The molecule has 138 valence electrons. The smallest absolute Gasteiger partial charge is 0.273 e. The largest absolute Gasteiger partial charge is 0.507 e. The number of hydrazine groups is 1. The zero-order valence-electron chi connectivity index (χ0n) is 13.7. The van der Waals surface area contributed by atoms with Gasteiger partial charge in [0.15, 0.2) is 0 Å². The van der Waals surface area contributed by atoms with Gasteiger partial charge in [0.2, 0.25) is 0 Å². The third-order valence-electron chi connectivity index (χ3n) is 3.70. The normalized spacial score (nSPS) is 10.6. The Hall–Kier alpha value is -3.59. The molecule has 0 saturated heterocycles. The highest BCUT2D eigenvalue weighted by atomic mass is 35.5. The van der Waals surface area contributed by atoms with Gasteiger partial charge in [0.25, 0.3) is 22.9 Å². The molecule has 2 aromatic carbocycles. The second kappa shape index (κ2) is 7.34. The van der Waals surface area contributed by atoms with Crippen LogP contribution >= 0.6 is 11.6 Å². The quantitative estimate of drug-likeness (QED) is 0.485. The van der Waals surface area contributed by atoms with Crippen molar-refractivity contribution >= 4 is 34.2 Å². The number of benzene rings is 2. The molecule has 0 bridgehead atoms. The minimum Gasteiger partial charge on any atom is -0.507 e. The number of hydrogen-bond donors (Lipinski definition) is 4. The van der Waals surface area contributed by atoms with Crippen molar-refractivity contribution in [1.29, 1.82) is 0 Å². The van der Waals surface area contributed by atoms with Crippen LogP contribution in [0.25, 0.3) is 10.8 Å². The van der Waals surface area contributed by atoms with E-state index in [9.17, 15) is 24.3 Å². The predicted octanol–water partition coefficient (Wildman–Crippen LogP) is 0.510. The van der Waals surface area contributed by atoms with E-state index >= 15 is 0 Å². The van der Waals surface area contributed by atoms with Crippen LogP contribution in [0.2, 0.25) is 5.02 Å². The van der Waals surface area contributed by atoms with Crippen LogP contribution in [0, 0.1) is 0 Å². The summed E-state index contributed by atoms with van der Waals surface area (Å²) >= 11 is 5.76. The lowest BCUT2D eigenvalue weighted by molar-refractivity contribution is -0.122. The lowest BCUT2D eigenvalue weighted by Gasteiger charge is -2.10. The first kappa shape index (κ1) is 18.2. The first-order valence-electron chi connectivity index (χ1n) is 7.66. The Morgan fingerprint density at radius 1 is 1.07 bits per heavy atom. The number of aromatic nitrogens is 2. The van der Waals surface area contributed by atoms with Gasteiger partial charge in [0.1, 0.15) is 12.3 Å². The summed E-state index contributed by atoms with van der Waals surface area (Å²) in [6, 6.07) is 10.1. The van der Waals surface area contributed by atoms with Crippen molar-refractivity contribution in [2.45, 2.75) is 6.54 Å². The van der Waals surface area contributed by atoms with Crippen molar-refractivity contribution in [1.82, 2.24) is 20.6 Å². The first-order valence-corrected chi connectivity index (χ1v) is 8.04. The van der Waals surface area contributed by atoms with E-state index in [0.717, 1.165) is 4.68 Å². The maximum Gasteiger partial charge on any atom is 0.273 e. The van der Waals surface area contributed by atoms with Crippen molar-refractivity contribution in [2.24, 2.45) is 0 Å². The molecule has 0 aliphatic rings. The van der Waals surface area contributed by atoms with E-state index in [2.05, 4.69) is 16.0 Å². The maximum absolute atomic E-state index is 12.3. The Morgan fingerprint density at radius 3 is 2.52 bits per heavy atom. The third kappa shape index (κ3) is 3.82. The molecule has 0 aliphatic carbocycles. The maximum atomic E-state index is 12.3. The minimum absolute atomic E-state index is 0.140. The van der Waals surface area contributed by atoms with Gasteiger partial charge in [0.05, 0.1) is 16.3 Å². The SMILES string of the molecule is O=C(Cn1[nH]c(=O)c2ccccc2c1=O)NNC(=O)c1cc(Cl)ccc1O. The summed E-state index contributed by atoms with van der Waals surface area (Å²) in [7, 11) is 0. The molecule has 0 aliphatic heterocycles. The Morgan fingerprint density at radius 2 is 1.78 bits per heavy atom. The summed E-state index contributed by atoms with van der Waals surface area (Å²) in [6.07, 6.45) is 0. The Kier molecular flexibility index (Phi) is 4.95. The molecule has 0 atom stereocenters. The number of rotatable bonds is 3. The molecule has 3 rings (SSSR count). The minimum atomic E-state index is -0.803. The molecule has 2 amide bonds. The fraction of sp³-hybridized carbons (Fsp3) is 0.0588. The van der Waals surface area contributed by atoms with Crippen molar-refractivity contribution in [3.63, 3.8) is 0 Å². The monoisotopic (exact) mass is 388 g/mol. The van der Waals surface area contributed by atoms with E-state index in [4.69, 9.17) is 11.6 Å². The molecule has 9 nitrogen and oxygen atoms in total. The summed E-state index contributed by atoms with van der Waals surface area (Å²) in [5.74, 6) is -1.89. The van der Waals surface area contributed by atoms with Crippen LogP contribution in [0.3, 0.4) is 0 Å². The molecule has 0 spiro atoms. The number of phenolic OH excluding ortho intramolecular Hbond substituents is 1. The third-order valence-corrected chi connectivity index (χ3v) is 3.94. The number of halogens is 1. The molecule has 3 aromatic rings. The number of aromatic hydroxyl groups is 1. The van der Waals surface area contributed by atoms with E-state index < -0.39 is 29.5 Å². The molecule has 0 radical (unpaired) electrons. The Balaban J connectivity index is 1.73. The Labute approximate surface area is 156 Å². The Bertz CT molecular complexity index is 1170. The zero-order valence-corrected chi connectivity index (χ0v) is 14.4. The lowest BCUT2D eigenvalue weighted by atomic mass is 10.2. The number of carbonyl (C=O) groups excluding carboxylic acids is 2. The van der Waals surface area contributed by atoms with Crippen LogP contribution < -0.4 is 22.0 Å². The summed E-state index contributed by atoms with van der Waals surface area (Å²) in [5, 5.41) is 12.6. The zero-order chi connectivity index (χ0) is 19.6. The number of H-pyrrole nitrogens is 1. The molecular formula is C17H13ClN4O5. The van der Waals surface area contributed by atoms with Crippen LogP contribution in [0.1, 0.15) is 10.4 Å². The van der Waals surface area contributed by atoms with Gasteiger partial charge >= 0.3 is 0 Å². The van der Waals surface area contributed by atoms with Crippen LogP contribution in [0.4, 0.5) is 0 Å². The summed E-state index contributed by atoms with van der Waals surface area (Å²) in [5.41, 5.74) is 2.97. The van der Waals surface area contributed by atoms with E-state index in [1.807, 2.05) is 0 Å². The summed E-state index contributed by atoms with van der Waals surface area (Å²) < 4.78 is 0.836. The van der Waals surface area contributed by atoms with E-state index in [1.54, 1.807) is 12.1 Å². The van der Waals surface area contributed by atoms with Crippen LogP contribution in [0.15, 0.2) is 52.1 Å². The molecule has 27 heavy (non-hydrogen) atoms. The van der Waals surface area contributed by atoms with E-state index in [-0.39, 0.29) is 27.1 Å². The van der Waals surface area contributed by atoms with Crippen molar-refractivity contribution in [2.75, 3.05) is 0 Å². The fourth-order valence-electron chi connectivity index (χ4n) is 2.42. The molecular weight excluding hydrogens is 376 g/mol. The van der Waals surface area contributed by atoms with Gasteiger partial charge in [0, 0.05) is 5.02 Å². The van der Waals surface area contributed by atoms with Gasteiger partial charge in [-0.1, -0.05) is 23.7 Å². The number of carbonyl (C=O) groups is 2. The van der Waals surface area contributed by atoms with Gasteiger partial charge in [-0.2, -0.15) is 0 Å². The van der Waals surface area contributed by atoms with Crippen LogP contribution in [-0.4, -0.2) is 26.7 Å². The number of hydrogen-bond acceptors (Lipinski definition) is 5.